The highest BCUT2D eigenvalue weighted by Crippen LogP contribution is 2.18. The highest BCUT2D eigenvalue weighted by molar-refractivity contribution is 6.58. The summed E-state index contributed by atoms with van der Waals surface area (Å²) in [6, 6.07) is -0.678. The zero-order chi connectivity index (χ0) is 14.9. The molecule has 0 saturated carbocycles. The zero-order valence-electron chi connectivity index (χ0n) is 12.4. The van der Waals surface area contributed by atoms with E-state index in [9.17, 15) is 12.3 Å². The Balaban J connectivity index is 3.96. The van der Waals surface area contributed by atoms with Gasteiger partial charge in [-0.05, 0) is 53.4 Å². The normalized spacial score (nSPS) is 13.6. The van der Waals surface area contributed by atoms with Crippen LogP contribution < -0.4 is 0 Å². The average Bonchev–Trinajstić information content (AvgIpc) is 2.25. The number of halogens is 3. The Morgan fingerprint density at radius 3 is 1.74 bits per heavy atom. The lowest BCUT2D eigenvalue weighted by Crippen LogP contribution is -2.12. The quantitative estimate of drug-likeness (QED) is 0.281. The largest absolute Gasteiger partial charge is 0.620 e. The molecule has 0 amide bonds. The van der Waals surface area contributed by atoms with Gasteiger partial charge >= 0.3 is 9.08 Å². The molecule has 0 heterocycles. The Labute approximate surface area is 116 Å². The van der Waals surface area contributed by atoms with E-state index < -0.39 is 15.1 Å². The molecule has 0 N–H and O–H groups in total. The number of hydrogen-bond donors (Lipinski definition) is 0. The van der Waals surface area contributed by atoms with Crippen LogP contribution in [0.15, 0.2) is 34.9 Å². The molecule has 0 aliphatic heterocycles. The van der Waals surface area contributed by atoms with Gasteiger partial charge in [0.15, 0.2) is 0 Å². The lowest BCUT2D eigenvalue weighted by Gasteiger charge is -2.02. The molecule has 0 fully saturated rings. The molecule has 0 aromatic heterocycles. The second-order valence-corrected chi connectivity index (χ2v) is 6.92. The predicted octanol–water partition coefficient (Wildman–Crippen LogP) is 6.25. The van der Waals surface area contributed by atoms with Crippen LogP contribution in [-0.2, 0) is 0 Å². The van der Waals surface area contributed by atoms with Crippen LogP contribution in [0.5, 0.6) is 0 Å². The fourth-order valence-corrected chi connectivity index (χ4v) is 2.21. The third kappa shape index (κ3) is 13.5. The van der Waals surface area contributed by atoms with Gasteiger partial charge in [-0.1, -0.05) is 34.9 Å². The van der Waals surface area contributed by atoms with Gasteiger partial charge in [-0.2, -0.15) is 0 Å². The Hall–Kier alpha value is -0.773. The molecule has 0 saturated heterocycles. The summed E-state index contributed by atoms with van der Waals surface area (Å²) in [4.78, 5) is 0. The van der Waals surface area contributed by atoms with Crippen LogP contribution in [0.4, 0.5) is 12.3 Å². The summed E-state index contributed by atoms with van der Waals surface area (Å²) >= 11 is 0. The first-order chi connectivity index (χ1) is 8.70. The van der Waals surface area contributed by atoms with E-state index in [1.807, 2.05) is 0 Å². The maximum absolute atomic E-state index is 12.1. The second-order valence-electron chi connectivity index (χ2n) is 5.28. The predicted molar refractivity (Wildman–Crippen MR) is 79.3 cm³/mol. The molecule has 19 heavy (non-hydrogen) atoms. The summed E-state index contributed by atoms with van der Waals surface area (Å²) in [5.74, 6) is 0. The van der Waals surface area contributed by atoms with Crippen molar-refractivity contribution in [3.05, 3.63) is 34.9 Å². The van der Waals surface area contributed by atoms with Crippen LogP contribution in [0.3, 0.4) is 0 Å². The molecule has 0 nitrogen and oxygen atoms in total. The van der Waals surface area contributed by atoms with Crippen LogP contribution in [-0.4, -0.2) is 9.08 Å². The molecule has 0 radical (unpaired) electrons. The molecule has 110 valence electrons. The van der Waals surface area contributed by atoms with Crippen molar-refractivity contribution < 1.29 is 12.3 Å². The van der Waals surface area contributed by atoms with Crippen molar-refractivity contribution in [1.29, 1.82) is 0 Å². The smallest absolute Gasteiger partial charge is 0.237 e. The maximum atomic E-state index is 12.1. The third-order valence-electron chi connectivity index (χ3n) is 2.80. The van der Waals surface area contributed by atoms with Gasteiger partial charge in [0.05, 0.1) is 0 Å². The van der Waals surface area contributed by atoms with Crippen molar-refractivity contribution in [2.45, 2.75) is 59.4 Å². The van der Waals surface area contributed by atoms with Crippen LogP contribution in [0.25, 0.3) is 0 Å². The highest BCUT2D eigenvalue weighted by atomic mass is 28.5. The molecule has 0 aromatic rings. The van der Waals surface area contributed by atoms with Crippen molar-refractivity contribution in [3.63, 3.8) is 0 Å². The van der Waals surface area contributed by atoms with E-state index in [0.29, 0.717) is 0 Å². The summed E-state index contributed by atoms with van der Waals surface area (Å²) in [7, 11) is -5.41. The molecule has 0 rings (SSSR count). The topological polar surface area (TPSA) is 0 Å². The van der Waals surface area contributed by atoms with Crippen molar-refractivity contribution >= 4 is 9.08 Å². The summed E-state index contributed by atoms with van der Waals surface area (Å²) in [6.45, 7) is 8.03. The summed E-state index contributed by atoms with van der Waals surface area (Å²) in [5, 5.41) is 0. The SMILES string of the molecule is CC(C)=CCCC(C)=CCCC(C)=CC[Si](F)(F)F. The third-order valence-corrected chi connectivity index (χ3v) is 3.47. The Kier molecular flexibility index (Phi) is 8.81. The number of allylic oxidation sites excluding steroid dienone is 6. The van der Waals surface area contributed by atoms with Crippen molar-refractivity contribution in [3.8, 4) is 0 Å². The summed E-state index contributed by atoms with van der Waals surface area (Å²) in [5.41, 5.74) is 3.48. The molecule has 0 aromatic carbocycles. The van der Waals surface area contributed by atoms with E-state index in [-0.39, 0.29) is 0 Å². The van der Waals surface area contributed by atoms with Gasteiger partial charge in [0.2, 0.25) is 0 Å². The molecule has 0 bridgehead atoms. The molecular weight excluding hydrogens is 265 g/mol. The standard InChI is InChI=1S/C15H25F3Si/c1-13(2)7-5-8-14(3)9-6-10-15(4)11-12-19(16,17)18/h7,9,11H,5-6,8,10,12H2,1-4H3. The molecule has 0 atom stereocenters. The summed E-state index contributed by atoms with van der Waals surface area (Å²) in [6.07, 6.45) is 9.33. The van der Waals surface area contributed by atoms with Gasteiger partial charge in [0.25, 0.3) is 0 Å². The highest BCUT2D eigenvalue weighted by Gasteiger charge is 2.34. The van der Waals surface area contributed by atoms with Gasteiger partial charge in [0, 0.05) is 6.04 Å². The van der Waals surface area contributed by atoms with Crippen LogP contribution >= 0.6 is 0 Å². The minimum absolute atomic E-state index is 0.678. The second kappa shape index (κ2) is 9.18. The molecule has 0 aliphatic rings. The lowest BCUT2D eigenvalue weighted by molar-refractivity contribution is 0.477. The monoisotopic (exact) mass is 290 g/mol. The minimum Gasteiger partial charge on any atom is -0.237 e. The van der Waals surface area contributed by atoms with Crippen LogP contribution in [0.2, 0.25) is 6.04 Å². The molecule has 0 aliphatic carbocycles. The van der Waals surface area contributed by atoms with E-state index in [2.05, 4.69) is 32.9 Å². The van der Waals surface area contributed by atoms with Crippen LogP contribution in [0.1, 0.15) is 53.4 Å². The van der Waals surface area contributed by atoms with Crippen molar-refractivity contribution in [2.24, 2.45) is 0 Å². The lowest BCUT2D eigenvalue weighted by atomic mass is 10.1. The summed E-state index contributed by atoms with van der Waals surface area (Å²) < 4.78 is 36.4. The van der Waals surface area contributed by atoms with Crippen molar-refractivity contribution in [1.82, 2.24) is 0 Å². The van der Waals surface area contributed by atoms with E-state index in [1.54, 1.807) is 6.92 Å². The first kappa shape index (κ1) is 18.2. The van der Waals surface area contributed by atoms with Crippen LogP contribution in [0, 0.1) is 0 Å². The minimum atomic E-state index is -5.41. The molecule has 0 spiro atoms. The molecule has 0 unspecified atom stereocenters. The van der Waals surface area contributed by atoms with E-state index >= 15 is 0 Å². The fraction of sp³-hybridized carbons (Fsp3) is 0.600. The number of rotatable bonds is 8. The van der Waals surface area contributed by atoms with E-state index in [0.717, 1.165) is 31.3 Å². The fourth-order valence-electron chi connectivity index (χ4n) is 1.63. The Bertz CT molecular complexity index is 345. The van der Waals surface area contributed by atoms with Gasteiger partial charge < -0.3 is 0 Å². The number of hydrogen-bond acceptors (Lipinski definition) is 0. The van der Waals surface area contributed by atoms with E-state index in [1.165, 1.54) is 17.2 Å². The molecule has 4 heteroatoms. The van der Waals surface area contributed by atoms with E-state index in [4.69, 9.17) is 0 Å². The molecular formula is C15H25F3Si. The van der Waals surface area contributed by atoms with Gasteiger partial charge in [-0.3, -0.25) is 0 Å². The maximum Gasteiger partial charge on any atom is 0.620 e. The zero-order valence-corrected chi connectivity index (χ0v) is 13.4. The Morgan fingerprint density at radius 2 is 1.26 bits per heavy atom. The van der Waals surface area contributed by atoms with Gasteiger partial charge in [0.1, 0.15) is 0 Å². The Morgan fingerprint density at radius 1 is 0.789 bits per heavy atom. The first-order valence-electron chi connectivity index (χ1n) is 6.72. The van der Waals surface area contributed by atoms with Gasteiger partial charge in [-0.25, -0.2) is 12.3 Å². The average molecular weight is 290 g/mol. The van der Waals surface area contributed by atoms with Gasteiger partial charge in [-0.15, -0.1) is 0 Å². The first-order valence-corrected chi connectivity index (χ1v) is 8.56. The van der Waals surface area contributed by atoms with Crippen molar-refractivity contribution in [2.75, 3.05) is 0 Å².